The summed E-state index contributed by atoms with van der Waals surface area (Å²) in [7, 11) is 9.75. The van der Waals surface area contributed by atoms with Gasteiger partial charge in [0.05, 0.1) is 41.5 Å². The highest BCUT2D eigenvalue weighted by atomic mass is 33.1. The first-order chi connectivity index (χ1) is 19.6. The number of ether oxygens (including phenoxy) is 4. The van der Waals surface area contributed by atoms with Crippen LogP contribution in [0.1, 0.15) is 22.3 Å². The van der Waals surface area contributed by atoms with Crippen LogP contribution in [0.5, 0.6) is 23.0 Å². The van der Waals surface area contributed by atoms with E-state index in [0.717, 1.165) is 32.0 Å². The third-order valence-electron chi connectivity index (χ3n) is 5.77. The zero-order valence-corrected chi connectivity index (χ0v) is 24.4. The van der Waals surface area contributed by atoms with Crippen molar-refractivity contribution in [2.45, 2.75) is 22.9 Å². The Morgan fingerprint density at radius 1 is 0.575 bits per heavy atom. The highest BCUT2D eigenvalue weighted by molar-refractivity contribution is 8.76. The number of hydrogen-bond acceptors (Lipinski definition) is 10. The van der Waals surface area contributed by atoms with E-state index in [0.29, 0.717) is 36.1 Å². The van der Waals surface area contributed by atoms with Crippen molar-refractivity contribution < 1.29 is 18.9 Å². The Hall–Kier alpha value is -4.02. The third kappa shape index (κ3) is 7.77. The molecule has 0 atom stereocenters. The molecule has 0 unspecified atom stereocenters. The molecule has 2 aromatic carbocycles. The molecule has 0 amide bonds. The van der Waals surface area contributed by atoms with Gasteiger partial charge >= 0.3 is 0 Å². The second-order valence-corrected chi connectivity index (χ2v) is 10.5. The predicted molar refractivity (Wildman–Crippen MR) is 162 cm³/mol. The Bertz CT molecular complexity index is 1340. The Labute approximate surface area is 242 Å². The molecule has 0 radical (unpaired) electrons. The van der Waals surface area contributed by atoms with Crippen LogP contribution in [-0.2, 0) is 13.1 Å². The third-order valence-corrected chi connectivity index (χ3v) is 8.30. The van der Waals surface area contributed by atoms with E-state index in [9.17, 15) is 0 Å². The number of hydrogen-bond donors (Lipinski definition) is 0. The summed E-state index contributed by atoms with van der Waals surface area (Å²) in [5.74, 6) is 2.62. The molecule has 0 spiro atoms. The molecule has 2 heterocycles. The Morgan fingerprint density at radius 3 is 1.27 bits per heavy atom. The van der Waals surface area contributed by atoms with Gasteiger partial charge in [-0.2, -0.15) is 0 Å². The van der Waals surface area contributed by atoms with Crippen molar-refractivity contribution in [3.05, 3.63) is 95.6 Å². The monoisotopic (exact) mass is 574 g/mol. The highest BCUT2D eigenvalue weighted by Gasteiger charge is 2.16. The van der Waals surface area contributed by atoms with Crippen molar-refractivity contribution in [3.8, 4) is 23.0 Å². The zero-order chi connectivity index (χ0) is 28.2. The van der Waals surface area contributed by atoms with Crippen LogP contribution in [0.4, 0.5) is 0 Å². The summed E-state index contributed by atoms with van der Waals surface area (Å²) in [5, 5.41) is 0. The molecule has 0 aliphatic heterocycles. The fraction of sp³-hybridized carbons (Fsp3) is 0.200. The van der Waals surface area contributed by atoms with Gasteiger partial charge in [0.2, 0.25) is 0 Å². The van der Waals surface area contributed by atoms with Gasteiger partial charge < -0.3 is 18.9 Å². The van der Waals surface area contributed by atoms with E-state index < -0.39 is 0 Å². The van der Waals surface area contributed by atoms with Gasteiger partial charge in [-0.05, 0) is 70.8 Å². The summed E-state index contributed by atoms with van der Waals surface area (Å²) in [5.41, 5.74) is 4.00. The fourth-order valence-electron chi connectivity index (χ4n) is 3.69. The highest BCUT2D eigenvalue weighted by Crippen LogP contribution is 2.46. The molecule has 4 aromatic rings. The molecule has 0 fully saturated rings. The van der Waals surface area contributed by atoms with Crippen LogP contribution in [0.3, 0.4) is 0 Å². The molecular formula is C30H30N4O4S2. The molecule has 2 aromatic heterocycles. The molecule has 10 heteroatoms. The van der Waals surface area contributed by atoms with E-state index in [4.69, 9.17) is 18.9 Å². The summed E-state index contributed by atoms with van der Waals surface area (Å²) in [6.07, 6.45) is 10.7. The second kappa shape index (κ2) is 14.9. The van der Waals surface area contributed by atoms with Gasteiger partial charge in [-0.15, -0.1) is 0 Å². The van der Waals surface area contributed by atoms with E-state index in [-0.39, 0.29) is 0 Å². The summed E-state index contributed by atoms with van der Waals surface area (Å²) in [6.45, 7) is 0.946. The molecule has 0 aliphatic carbocycles. The molecule has 40 heavy (non-hydrogen) atoms. The first-order valence-electron chi connectivity index (χ1n) is 12.3. The van der Waals surface area contributed by atoms with Crippen molar-refractivity contribution in [2.75, 3.05) is 28.4 Å². The normalized spacial score (nSPS) is 11.2. The van der Waals surface area contributed by atoms with Gasteiger partial charge in [0.15, 0.2) is 23.0 Å². The molecule has 0 N–H and O–H groups in total. The van der Waals surface area contributed by atoms with Crippen molar-refractivity contribution in [1.82, 2.24) is 9.97 Å². The average molecular weight is 575 g/mol. The number of pyridine rings is 2. The maximum Gasteiger partial charge on any atom is 0.161 e. The maximum absolute atomic E-state index is 5.59. The van der Waals surface area contributed by atoms with Crippen molar-refractivity contribution in [1.29, 1.82) is 0 Å². The molecule has 0 aliphatic rings. The molecule has 0 saturated carbocycles. The first-order valence-corrected chi connectivity index (χ1v) is 14.4. The van der Waals surface area contributed by atoms with Crippen LogP contribution in [0.2, 0.25) is 0 Å². The minimum atomic E-state index is 0.473. The average Bonchev–Trinajstić information content (AvgIpc) is 3.01. The SMILES string of the molecule is COc1cc(CN=Cc2ccncc2)c(SSc2cc(OC)c(OC)cc2CN=Cc2ccncc2)cc1OC. The Balaban J connectivity index is 1.61. The molecule has 0 saturated heterocycles. The number of aliphatic imine (C=N–C) groups is 2. The van der Waals surface area contributed by atoms with E-state index in [1.54, 1.807) is 74.8 Å². The predicted octanol–water partition coefficient (Wildman–Crippen LogP) is 6.55. The minimum Gasteiger partial charge on any atom is -0.493 e. The van der Waals surface area contributed by atoms with E-state index in [2.05, 4.69) is 20.0 Å². The van der Waals surface area contributed by atoms with Crippen LogP contribution in [0.15, 0.2) is 93.1 Å². The molecule has 0 bridgehead atoms. The van der Waals surface area contributed by atoms with E-state index >= 15 is 0 Å². The quantitative estimate of drug-likeness (QED) is 0.131. The topological polar surface area (TPSA) is 87.4 Å². The molecular weight excluding hydrogens is 544 g/mol. The van der Waals surface area contributed by atoms with Crippen LogP contribution in [0, 0.1) is 0 Å². The maximum atomic E-state index is 5.59. The lowest BCUT2D eigenvalue weighted by Gasteiger charge is -2.16. The summed E-state index contributed by atoms with van der Waals surface area (Å²) >= 11 is 0. The van der Waals surface area contributed by atoms with Crippen LogP contribution < -0.4 is 18.9 Å². The van der Waals surface area contributed by atoms with Gasteiger partial charge in [-0.3, -0.25) is 20.0 Å². The van der Waals surface area contributed by atoms with E-state index in [1.807, 2.05) is 61.0 Å². The number of rotatable bonds is 13. The smallest absolute Gasteiger partial charge is 0.161 e. The Morgan fingerprint density at radius 2 is 0.925 bits per heavy atom. The minimum absolute atomic E-state index is 0.473. The van der Waals surface area contributed by atoms with Crippen molar-refractivity contribution in [3.63, 3.8) is 0 Å². The fourth-order valence-corrected chi connectivity index (χ4v) is 6.12. The van der Waals surface area contributed by atoms with Gasteiger partial charge in [0, 0.05) is 47.0 Å². The Kier molecular flexibility index (Phi) is 10.8. The summed E-state index contributed by atoms with van der Waals surface area (Å²) in [4.78, 5) is 19.5. The lowest BCUT2D eigenvalue weighted by molar-refractivity contribution is 0.353. The largest absolute Gasteiger partial charge is 0.493 e. The summed E-state index contributed by atoms with van der Waals surface area (Å²) < 4.78 is 22.3. The van der Waals surface area contributed by atoms with Gasteiger partial charge in [-0.25, -0.2) is 0 Å². The van der Waals surface area contributed by atoms with Crippen LogP contribution in [0.25, 0.3) is 0 Å². The first kappa shape index (κ1) is 29.0. The molecule has 206 valence electrons. The van der Waals surface area contributed by atoms with E-state index in [1.165, 1.54) is 0 Å². The lowest BCUT2D eigenvalue weighted by Crippen LogP contribution is -1.96. The van der Waals surface area contributed by atoms with Gasteiger partial charge in [0.25, 0.3) is 0 Å². The number of benzene rings is 2. The van der Waals surface area contributed by atoms with Crippen molar-refractivity contribution in [2.24, 2.45) is 9.98 Å². The van der Waals surface area contributed by atoms with Gasteiger partial charge in [0.1, 0.15) is 0 Å². The number of aromatic nitrogens is 2. The van der Waals surface area contributed by atoms with Crippen molar-refractivity contribution >= 4 is 34.0 Å². The standard InChI is InChI=1S/C30H30N4O4S2/c1-35-25-13-23(19-33-17-21-5-9-31-10-6-21)29(15-27(25)37-3)39-40-30-16-28(38-4)26(36-2)14-24(30)20-34-18-22-7-11-32-12-8-22/h5-18H,19-20H2,1-4H3. The second-order valence-electron chi connectivity index (χ2n) is 8.30. The summed E-state index contributed by atoms with van der Waals surface area (Å²) in [6, 6.07) is 15.6. The van der Waals surface area contributed by atoms with Crippen LogP contribution >= 0.6 is 21.6 Å². The van der Waals surface area contributed by atoms with Gasteiger partial charge in [-0.1, -0.05) is 21.6 Å². The van der Waals surface area contributed by atoms with Crippen LogP contribution in [-0.4, -0.2) is 50.8 Å². The lowest BCUT2D eigenvalue weighted by atomic mass is 10.2. The molecule has 8 nitrogen and oxygen atoms in total. The zero-order valence-electron chi connectivity index (χ0n) is 22.7. The number of nitrogens with zero attached hydrogens (tertiary/aromatic N) is 4. The molecule has 4 rings (SSSR count). The number of methoxy groups -OCH3 is 4.